The van der Waals surface area contributed by atoms with Gasteiger partial charge in [-0.05, 0) is 49.1 Å². The van der Waals surface area contributed by atoms with Gasteiger partial charge in [-0.15, -0.1) is 0 Å². The van der Waals surface area contributed by atoms with Gasteiger partial charge in [0.15, 0.2) is 0 Å². The highest BCUT2D eigenvalue weighted by molar-refractivity contribution is 5.81. The fourth-order valence-corrected chi connectivity index (χ4v) is 6.27. The van der Waals surface area contributed by atoms with E-state index in [0.29, 0.717) is 19.5 Å². The monoisotopic (exact) mass is 384 g/mol. The lowest BCUT2D eigenvalue weighted by Gasteiger charge is -2.40. The molecule has 2 heterocycles. The zero-order valence-corrected chi connectivity index (χ0v) is 16.2. The summed E-state index contributed by atoms with van der Waals surface area (Å²) in [6, 6.07) is 8.26. The highest BCUT2D eigenvalue weighted by Gasteiger charge is 2.56. The Balaban J connectivity index is 1.38. The predicted octanol–water partition coefficient (Wildman–Crippen LogP) is 2.98. The Kier molecular flexibility index (Phi) is 4.16. The molecule has 0 bridgehead atoms. The summed E-state index contributed by atoms with van der Waals surface area (Å²) >= 11 is 0. The minimum Gasteiger partial charge on any atom is -0.481 e. The molecule has 150 valence electrons. The SMILES string of the molecule is O=C(NC1c2ccccc2CC12CCOCC2)N1C[C@@H]2CCC[C@@]2(C(=O)O)C1. The molecule has 6 nitrogen and oxygen atoms in total. The van der Waals surface area contributed by atoms with Gasteiger partial charge in [0.2, 0.25) is 0 Å². The van der Waals surface area contributed by atoms with E-state index in [1.807, 2.05) is 6.07 Å². The molecule has 0 radical (unpaired) electrons. The maximum Gasteiger partial charge on any atom is 0.317 e. The third-order valence-electron chi connectivity index (χ3n) is 7.86. The van der Waals surface area contributed by atoms with E-state index in [0.717, 1.165) is 45.3 Å². The number of carbonyl (C=O) groups excluding carboxylic acids is 1. The molecule has 1 aromatic carbocycles. The molecule has 3 fully saturated rings. The fraction of sp³-hybridized carbons (Fsp3) is 0.636. The number of carbonyl (C=O) groups is 2. The van der Waals surface area contributed by atoms with Crippen molar-refractivity contribution in [1.29, 1.82) is 0 Å². The number of rotatable bonds is 2. The highest BCUT2D eigenvalue weighted by Crippen LogP contribution is 2.52. The first-order valence-electron chi connectivity index (χ1n) is 10.5. The van der Waals surface area contributed by atoms with Gasteiger partial charge in [-0.25, -0.2) is 4.79 Å². The third kappa shape index (κ3) is 2.57. The number of hydrogen-bond acceptors (Lipinski definition) is 3. The van der Waals surface area contributed by atoms with E-state index in [9.17, 15) is 14.7 Å². The molecular weight excluding hydrogens is 356 g/mol. The van der Waals surface area contributed by atoms with Crippen molar-refractivity contribution in [2.24, 2.45) is 16.7 Å². The molecule has 2 aliphatic carbocycles. The van der Waals surface area contributed by atoms with Crippen molar-refractivity contribution >= 4 is 12.0 Å². The van der Waals surface area contributed by atoms with Gasteiger partial charge in [-0.1, -0.05) is 30.7 Å². The molecular formula is C22H28N2O4. The number of nitrogens with zero attached hydrogens (tertiary/aromatic N) is 1. The van der Waals surface area contributed by atoms with Crippen molar-refractivity contribution < 1.29 is 19.4 Å². The van der Waals surface area contributed by atoms with Gasteiger partial charge in [0.05, 0.1) is 11.5 Å². The summed E-state index contributed by atoms with van der Waals surface area (Å²) in [5, 5.41) is 13.1. The number of nitrogens with one attached hydrogen (secondary N) is 1. The van der Waals surface area contributed by atoms with Crippen LogP contribution in [0.5, 0.6) is 0 Å². The van der Waals surface area contributed by atoms with Crippen molar-refractivity contribution in [3.05, 3.63) is 35.4 Å². The van der Waals surface area contributed by atoms with Crippen LogP contribution in [-0.4, -0.2) is 48.3 Å². The van der Waals surface area contributed by atoms with E-state index in [-0.39, 0.29) is 23.4 Å². The molecule has 28 heavy (non-hydrogen) atoms. The van der Waals surface area contributed by atoms with Gasteiger partial charge >= 0.3 is 12.0 Å². The van der Waals surface area contributed by atoms with E-state index in [1.165, 1.54) is 11.1 Å². The molecule has 1 saturated carbocycles. The van der Waals surface area contributed by atoms with Gasteiger partial charge in [-0.3, -0.25) is 4.79 Å². The molecule has 0 aromatic heterocycles. The summed E-state index contributed by atoms with van der Waals surface area (Å²) in [4.78, 5) is 26.9. The lowest BCUT2D eigenvalue weighted by atomic mass is 9.74. The van der Waals surface area contributed by atoms with Crippen molar-refractivity contribution in [3.8, 4) is 0 Å². The number of likely N-dealkylation sites (tertiary alicyclic amines) is 1. The lowest BCUT2D eigenvalue weighted by Crippen LogP contribution is -2.47. The second-order valence-corrected chi connectivity index (χ2v) is 9.16. The lowest BCUT2D eigenvalue weighted by molar-refractivity contribution is -0.149. The standard InChI is InChI=1S/C22H28N2O4/c25-19(26)22-7-3-5-16(22)13-24(14-22)20(27)23-18-17-6-2-1-4-15(17)12-21(18)8-10-28-11-9-21/h1-2,4,6,16,18H,3,5,7-14H2,(H,23,27)(H,25,26)/t16-,18?,22+/m0/s1. The number of aliphatic carboxylic acids is 1. The smallest absolute Gasteiger partial charge is 0.317 e. The summed E-state index contributed by atoms with van der Waals surface area (Å²) < 4.78 is 5.61. The van der Waals surface area contributed by atoms with Crippen LogP contribution in [0.15, 0.2) is 24.3 Å². The molecule has 3 atom stereocenters. The van der Waals surface area contributed by atoms with Gasteiger partial charge < -0.3 is 20.1 Å². The maximum atomic E-state index is 13.2. The summed E-state index contributed by atoms with van der Waals surface area (Å²) in [5.41, 5.74) is 1.80. The molecule has 5 rings (SSSR count). The molecule has 1 aromatic rings. The number of fused-ring (bicyclic) bond motifs is 2. The van der Waals surface area contributed by atoms with E-state index in [4.69, 9.17) is 4.74 Å². The number of carboxylic acids is 1. The molecule has 2 saturated heterocycles. The zero-order valence-electron chi connectivity index (χ0n) is 16.2. The fourth-order valence-electron chi connectivity index (χ4n) is 6.27. The maximum absolute atomic E-state index is 13.2. The Bertz CT molecular complexity index is 803. The van der Waals surface area contributed by atoms with Crippen LogP contribution >= 0.6 is 0 Å². The van der Waals surface area contributed by atoms with Crippen molar-refractivity contribution in [3.63, 3.8) is 0 Å². The number of amides is 2. The predicted molar refractivity (Wildman–Crippen MR) is 103 cm³/mol. The van der Waals surface area contributed by atoms with Crippen molar-refractivity contribution in [2.45, 2.75) is 44.6 Å². The topological polar surface area (TPSA) is 78.9 Å². The molecule has 1 unspecified atom stereocenters. The normalized spacial score (nSPS) is 32.9. The minimum absolute atomic E-state index is 0.0116. The average Bonchev–Trinajstić information content (AvgIpc) is 3.33. The molecule has 6 heteroatoms. The average molecular weight is 384 g/mol. The Hall–Kier alpha value is -2.08. The van der Waals surface area contributed by atoms with Gasteiger partial charge in [-0.2, -0.15) is 0 Å². The van der Waals surface area contributed by atoms with Crippen LogP contribution in [0.2, 0.25) is 0 Å². The molecule has 2 aliphatic heterocycles. The summed E-state index contributed by atoms with van der Waals surface area (Å²) in [7, 11) is 0. The van der Waals surface area contributed by atoms with Crippen molar-refractivity contribution in [1.82, 2.24) is 10.2 Å². The van der Waals surface area contributed by atoms with Crippen LogP contribution < -0.4 is 5.32 Å². The zero-order chi connectivity index (χ0) is 19.4. The first-order chi connectivity index (χ1) is 13.5. The first-order valence-corrected chi connectivity index (χ1v) is 10.5. The van der Waals surface area contributed by atoms with Crippen LogP contribution in [0.1, 0.15) is 49.3 Å². The second-order valence-electron chi connectivity index (χ2n) is 9.16. The number of hydrogen-bond donors (Lipinski definition) is 2. The Morgan fingerprint density at radius 3 is 2.71 bits per heavy atom. The van der Waals surface area contributed by atoms with Gasteiger partial charge in [0.1, 0.15) is 0 Å². The number of carboxylic acid groups (broad SMARTS) is 1. The van der Waals surface area contributed by atoms with Gasteiger partial charge in [0.25, 0.3) is 0 Å². The van der Waals surface area contributed by atoms with Crippen molar-refractivity contribution in [2.75, 3.05) is 26.3 Å². The van der Waals surface area contributed by atoms with E-state index in [1.54, 1.807) is 4.90 Å². The first kappa shape index (κ1) is 18.0. The van der Waals surface area contributed by atoms with E-state index >= 15 is 0 Å². The van der Waals surface area contributed by atoms with Crippen LogP contribution in [0.3, 0.4) is 0 Å². The summed E-state index contributed by atoms with van der Waals surface area (Å²) in [5.74, 6) is -0.652. The van der Waals surface area contributed by atoms with E-state index < -0.39 is 11.4 Å². The number of urea groups is 1. The minimum atomic E-state index is -0.739. The van der Waals surface area contributed by atoms with Crippen LogP contribution in [0.25, 0.3) is 0 Å². The summed E-state index contributed by atoms with van der Waals surface area (Å²) in [6.45, 7) is 2.36. The molecule has 2 amide bonds. The molecule has 1 spiro atoms. The highest BCUT2D eigenvalue weighted by atomic mass is 16.5. The van der Waals surface area contributed by atoms with Crippen LogP contribution in [-0.2, 0) is 16.0 Å². The van der Waals surface area contributed by atoms with Gasteiger partial charge in [0, 0.05) is 31.7 Å². The largest absolute Gasteiger partial charge is 0.481 e. The Morgan fingerprint density at radius 2 is 1.96 bits per heavy atom. The Labute approximate surface area is 165 Å². The Morgan fingerprint density at radius 1 is 1.18 bits per heavy atom. The second kappa shape index (κ2) is 6.48. The molecule has 4 aliphatic rings. The number of ether oxygens (including phenoxy) is 1. The quantitative estimate of drug-likeness (QED) is 0.822. The number of benzene rings is 1. The van der Waals surface area contributed by atoms with Crippen LogP contribution in [0.4, 0.5) is 4.79 Å². The third-order valence-corrected chi connectivity index (χ3v) is 7.86. The molecule has 2 N–H and O–H groups in total. The van der Waals surface area contributed by atoms with E-state index in [2.05, 4.69) is 23.5 Å². The van der Waals surface area contributed by atoms with Crippen LogP contribution in [0, 0.1) is 16.7 Å². The summed E-state index contributed by atoms with van der Waals surface area (Å²) in [6.07, 6.45) is 5.39.